The van der Waals surface area contributed by atoms with Crippen LogP contribution in [0.5, 0.6) is 11.5 Å². The zero-order valence-electron chi connectivity index (χ0n) is 14.3. The molecule has 1 saturated carbocycles. The Labute approximate surface area is 162 Å². The average Bonchev–Trinajstić information content (AvgIpc) is 3.11. The Hall–Kier alpha value is -1.98. The lowest BCUT2D eigenvalue weighted by Gasteiger charge is -2.16. The third kappa shape index (κ3) is 4.22. The maximum absolute atomic E-state index is 12.7. The number of rotatable bonds is 6. The van der Waals surface area contributed by atoms with Crippen molar-refractivity contribution in [3.63, 3.8) is 0 Å². The maximum Gasteiger partial charge on any atom is 0.199 e. The summed E-state index contributed by atoms with van der Waals surface area (Å²) in [6, 6.07) is 5.09. The van der Waals surface area contributed by atoms with Gasteiger partial charge in [0.05, 0.1) is 13.2 Å². The number of ether oxygens (including phenoxy) is 2. The number of carbonyl (C=O) groups is 1. The minimum Gasteiger partial charge on any atom is -0.619 e. The van der Waals surface area contributed by atoms with Crippen molar-refractivity contribution < 1.29 is 19.0 Å². The highest BCUT2D eigenvalue weighted by Gasteiger charge is 2.21. The van der Waals surface area contributed by atoms with Crippen molar-refractivity contribution in [2.45, 2.75) is 38.2 Å². The van der Waals surface area contributed by atoms with E-state index in [9.17, 15) is 10.0 Å². The summed E-state index contributed by atoms with van der Waals surface area (Å²) in [5.41, 5.74) is 0.907. The summed E-state index contributed by atoms with van der Waals surface area (Å²) in [5.74, 6) is 0.987. The molecule has 0 radical (unpaired) electrons. The third-order valence-corrected chi connectivity index (χ3v) is 5.13. The molecule has 0 amide bonds. The first kappa shape index (κ1) is 18.8. The lowest BCUT2D eigenvalue weighted by Crippen LogP contribution is -2.25. The molecule has 7 heteroatoms. The molecular formula is C19H19Cl2NO4. The second kappa shape index (κ2) is 8.14. The topological polar surface area (TPSA) is 62.5 Å². The van der Waals surface area contributed by atoms with Gasteiger partial charge in [-0.1, -0.05) is 23.2 Å². The molecule has 3 rings (SSSR count). The number of pyridine rings is 1. The summed E-state index contributed by atoms with van der Waals surface area (Å²) in [4.78, 5) is 12.7. The second-order valence-electron chi connectivity index (χ2n) is 6.28. The Morgan fingerprint density at radius 1 is 1.19 bits per heavy atom. The first-order chi connectivity index (χ1) is 12.5. The van der Waals surface area contributed by atoms with Crippen molar-refractivity contribution >= 4 is 29.0 Å². The molecule has 5 nitrogen and oxygen atoms in total. The molecular weight excluding hydrogens is 377 g/mol. The number of halogens is 2. The second-order valence-corrected chi connectivity index (χ2v) is 7.10. The van der Waals surface area contributed by atoms with E-state index in [1.807, 2.05) is 0 Å². The Balaban J connectivity index is 1.83. The molecule has 2 aromatic rings. The predicted molar refractivity (Wildman–Crippen MR) is 99.3 cm³/mol. The summed E-state index contributed by atoms with van der Waals surface area (Å²) >= 11 is 12.1. The number of nitrogens with zero attached hydrogens (tertiary/aromatic N) is 1. The molecule has 0 bridgehead atoms. The van der Waals surface area contributed by atoms with Crippen molar-refractivity contribution in [1.29, 1.82) is 0 Å². The van der Waals surface area contributed by atoms with Crippen molar-refractivity contribution in [2.24, 2.45) is 0 Å². The monoisotopic (exact) mass is 395 g/mol. The molecule has 1 fully saturated rings. The van der Waals surface area contributed by atoms with Crippen LogP contribution in [0, 0.1) is 5.21 Å². The van der Waals surface area contributed by atoms with Crippen LogP contribution in [0.3, 0.4) is 0 Å². The van der Waals surface area contributed by atoms with Crippen molar-refractivity contribution in [3.8, 4) is 11.5 Å². The average molecular weight is 396 g/mol. The highest BCUT2D eigenvalue weighted by atomic mass is 35.5. The van der Waals surface area contributed by atoms with E-state index >= 15 is 0 Å². The van der Waals surface area contributed by atoms with Gasteiger partial charge in [0, 0.05) is 17.5 Å². The summed E-state index contributed by atoms with van der Waals surface area (Å²) in [6.07, 6.45) is 6.81. The summed E-state index contributed by atoms with van der Waals surface area (Å²) in [5, 5.41) is 11.7. The number of ketones is 1. The predicted octanol–water partition coefficient (Wildman–Crippen LogP) is 4.38. The van der Waals surface area contributed by atoms with Gasteiger partial charge in [-0.05, 0) is 43.9 Å². The van der Waals surface area contributed by atoms with E-state index in [1.54, 1.807) is 25.3 Å². The molecule has 26 heavy (non-hydrogen) atoms. The molecule has 1 heterocycles. The van der Waals surface area contributed by atoms with Gasteiger partial charge < -0.3 is 14.7 Å². The van der Waals surface area contributed by atoms with Gasteiger partial charge in [-0.25, -0.2) is 0 Å². The Bertz CT molecular complexity index is 796. The number of carbonyl (C=O) groups excluding carboxylic acids is 1. The molecule has 138 valence electrons. The van der Waals surface area contributed by atoms with Crippen LogP contribution in [0.1, 0.15) is 41.6 Å². The number of hydrogen-bond donors (Lipinski definition) is 0. The van der Waals surface area contributed by atoms with Crippen molar-refractivity contribution in [1.82, 2.24) is 0 Å². The van der Waals surface area contributed by atoms with E-state index in [0.29, 0.717) is 27.4 Å². The number of methoxy groups -OCH3 is 1. The highest BCUT2D eigenvalue weighted by Crippen LogP contribution is 2.33. The van der Waals surface area contributed by atoms with Gasteiger partial charge in [-0.2, -0.15) is 4.73 Å². The lowest BCUT2D eigenvalue weighted by molar-refractivity contribution is -0.605. The fraction of sp³-hybridized carbons (Fsp3) is 0.368. The van der Waals surface area contributed by atoms with E-state index in [4.69, 9.17) is 32.7 Å². The fourth-order valence-corrected chi connectivity index (χ4v) is 3.67. The molecule has 1 aromatic carbocycles. The smallest absolute Gasteiger partial charge is 0.199 e. The van der Waals surface area contributed by atoms with Gasteiger partial charge in [0.25, 0.3) is 0 Å². The van der Waals surface area contributed by atoms with Gasteiger partial charge in [-0.15, -0.1) is 0 Å². The van der Waals surface area contributed by atoms with Gasteiger partial charge >= 0.3 is 0 Å². The normalized spacial score (nSPS) is 14.4. The molecule has 1 aliphatic rings. The third-order valence-electron chi connectivity index (χ3n) is 4.48. The number of benzene rings is 1. The molecule has 1 aliphatic carbocycles. The van der Waals surface area contributed by atoms with E-state index < -0.39 is 0 Å². The number of hydrogen-bond acceptors (Lipinski definition) is 4. The zero-order valence-corrected chi connectivity index (χ0v) is 15.8. The quantitative estimate of drug-likeness (QED) is 0.413. The van der Waals surface area contributed by atoms with Gasteiger partial charge in [-0.3, -0.25) is 4.79 Å². The van der Waals surface area contributed by atoms with Gasteiger partial charge in [0.15, 0.2) is 29.7 Å². The molecule has 0 unspecified atom stereocenters. The van der Waals surface area contributed by atoms with Crippen LogP contribution >= 0.6 is 23.2 Å². The SMILES string of the molecule is COc1ccc(C(=O)Cc2c(Cl)c[n+]([O-])cc2Cl)cc1OC1CCCC1. The van der Waals surface area contributed by atoms with E-state index in [0.717, 1.165) is 25.7 Å². The van der Waals surface area contributed by atoms with E-state index in [2.05, 4.69) is 0 Å². The highest BCUT2D eigenvalue weighted by molar-refractivity contribution is 6.36. The van der Waals surface area contributed by atoms with Crippen molar-refractivity contribution in [2.75, 3.05) is 7.11 Å². The van der Waals surface area contributed by atoms with E-state index in [1.165, 1.54) is 12.4 Å². The van der Waals surface area contributed by atoms with Crippen LogP contribution in [-0.4, -0.2) is 19.0 Å². The summed E-state index contributed by atoms with van der Waals surface area (Å²) < 4.78 is 11.9. The summed E-state index contributed by atoms with van der Waals surface area (Å²) in [6.45, 7) is 0. The van der Waals surface area contributed by atoms with Crippen LogP contribution < -0.4 is 14.2 Å². The first-order valence-electron chi connectivity index (χ1n) is 8.42. The molecule has 0 N–H and O–H groups in total. The lowest BCUT2D eigenvalue weighted by atomic mass is 10.0. The number of Topliss-reactive ketones (excluding diaryl/α,β-unsaturated/α-hetero) is 1. The van der Waals surface area contributed by atoms with Crippen LogP contribution in [0.4, 0.5) is 0 Å². The van der Waals surface area contributed by atoms with Crippen LogP contribution in [-0.2, 0) is 6.42 Å². The number of aromatic nitrogens is 1. The summed E-state index contributed by atoms with van der Waals surface area (Å²) in [7, 11) is 1.57. The van der Waals surface area contributed by atoms with Crippen molar-refractivity contribution in [3.05, 3.63) is 57.0 Å². The zero-order chi connectivity index (χ0) is 18.7. The fourth-order valence-electron chi connectivity index (χ4n) is 3.09. The molecule has 0 spiro atoms. The Kier molecular flexibility index (Phi) is 5.89. The van der Waals surface area contributed by atoms with Gasteiger partial charge in [0.1, 0.15) is 10.0 Å². The molecule has 1 aromatic heterocycles. The van der Waals surface area contributed by atoms with Crippen LogP contribution in [0.25, 0.3) is 0 Å². The Morgan fingerprint density at radius 3 is 2.46 bits per heavy atom. The molecule has 0 saturated heterocycles. The van der Waals surface area contributed by atoms with E-state index in [-0.39, 0.29) is 28.4 Å². The van der Waals surface area contributed by atoms with Gasteiger partial charge in [0.2, 0.25) is 0 Å². The standard InChI is InChI=1S/C19H19Cl2NO4/c1-25-18-7-6-12(8-19(18)26-13-4-2-3-5-13)17(23)9-14-15(20)10-22(24)11-16(14)21/h6-8,10-11,13H,2-5,9H2,1H3. The first-order valence-corrected chi connectivity index (χ1v) is 9.18. The Morgan fingerprint density at radius 2 is 1.85 bits per heavy atom. The maximum atomic E-state index is 12.7. The molecule has 0 aliphatic heterocycles. The largest absolute Gasteiger partial charge is 0.619 e. The minimum atomic E-state index is -0.170. The van der Waals surface area contributed by atoms with Crippen LogP contribution in [0.15, 0.2) is 30.6 Å². The van der Waals surface area contributed by atoms with Crippen LogP contribution in [0.2, 0.25) is 10.0 Å². The minimum absolute atomic E-state index is 0.00625. The molecule has 0 atom stereocenters.